The number of halogens is 2. The fraction of sp³-hybridized carbons (Fsp3) is 0.562. The Labute approximate surface area is 129 Å². The number of nitrogens with zero attached hydrogens (tertiary/aromatic N) is 1. The monoisotopic (exact) mass is 312 g/mol. The zero-order chi connectivity index (χ0) is 16.2. The van der Waals surface area contributed by atoms with E-state index in [9.17, 15) is 13.6 Å². The molecule has 0 spiro atoms. The third kappa shape index (κ3) is 3.21. The van der Waals surface area contributed by atoms with Crippen LogP contribution in [0.4, 0.5) is 19.3 Å². The number of nitrogens with one attached hydrogen (secondary N) is 1. The number of carbonyl (C=O) groups is 1. The van der Waals surface area contributed by atoms with E-state index < -0.39 is 28.9 Å². The van der Waals surface area contributed by atoms with Crippen LogP contribution in [0.3, 0.4) is 0 Å². The first-order chi connectivity index (χ1) is 10.5. The molecule has 1 aliphatic rings. The van der Waals surface area contributed by atoms with E-state index in [0.29, 0.717) is 13.2 Å². The molecule has 1 aromatic carbocycles. The van der Waals surface area contributed by atoms with Gasteiger partial charge in [-0.2, -0.15) is 0 Å². The fourth-order valence-electron chi connectivity index (χ4n) is 3.26. The molecule has 1 aromatic rings. The maximum Gasteiger partial charge on any atom is 0.322 e. The number of amides is 2. The van der Waals surface area contributed by atoms with Crippen LogP contribution >= 0.6 is 0 Å². The van der Waals surface area contributed by atoms with E-state index >= 15 is 0 Å². The second-order valence-electron chi connectivity index (χ2n) is 5.69. The lowest BCUT2D eigenvalue weighted by Gasteiger charge is -2.38. The summed E-state index contributed by atoms with van der Waals surface area (Å²) in [6.07, 6.45) is 3.40. The Morgan fingerprint density at radius 3 is 2.68 bits per heavy atom. The Kier molecular flexibility index (Phi) is 5.34. The molecule has 0 aromatic heterocycles. The minimum Gasteiger partial charge on any atom is -0.382 e. The van der Waals surface area contributed by atoms with Gasteiger partial charge < -0.3 is 15.0 Å². The minimum absolute atomic E-state index is 0.394. The van der Waals surface area contributed by atoms with Crippen molar-refractivity contribution in [2.24, 2.45) is 0 Å². The molecule has 1 saturated heterocycles. The molecule has 1 N–H and O–H groups in total. The average molecular weight is 312 g/mol. The maximum atomic E-state index is 13.7. The number of rotatable bonds is 5. The second-order valence-corrected chi connectivity index (χ2v) is 5.69. The van der Waals surface area contributed by atoms with Crippen molar-refractivity contribution in [1.82, 2.24) is 4.90 Å². The molecule has 22 heavy (non-hydrogen) atoms. The number of likely N-dealkylation sites (tertiary alicyclic amines) is 1. The molecule has 2 rings (SSSR count). The lowest BCUT2D eigenvalue weighted by molar-refractivity contribution is 0.0539. The summed E-state index contributed by atoms with van der Waals surface area (Å²) >= 11 is 0. The van der Waals surface area contributed by atoms with Crippen molar-refractivity contribution < 1.29 is 18.3 Å². The van der Waals surface area contributed by atoms with Gasteiger partial charge in [0.25, 0.3) is 0 Å². The van der Waals surface area contributed by atoms with Crippen LogP contribution in [0.1, 0.15) is 32.6 Å². The summed E-state index contributed by atoms with van der Waals surface area (Å²) in [6.45, 7) is 3.03. The molecule has 0 saturated carbocycles. The van der Waals surface area contributed by atoms with E-state index in [1.54, 1.807) is 12.0 Å². The van der Waals surface area contributed by atoms with Gasteiger partial charge in [0.2, 0.25) is 0 Å². The lowest BCUT2D eigenvalue weighted by atomic mass is 9.91. The highest BCUT2D eigenvalue weighted by molar-refractivity contribution is 5.90. The fourth-order valence-corrected chi connectivity index (χ4v) is 3.26. The van der Waals surface area contributed by atoms with E-state index in [-0.39, 0.29) is 0 Å². The molecular weight excluding hydrogens is 290 g/mol. The Morgan fingerprint density at radius 1 is 1.41 bits per heavy atom. The van der Waals surface area contributed by atoms with E-state index in [2.05, 4.69) is 5.32 Å². The van der Waals surface area contributed by atoms with Crippen LogP contribution in [-0.2, 0) is 4.74 Å². The van der Waals surface area contributed by atoms with Gasteiger partial charge in [0.1, 0.15) is 17.3 Å². The maximum absolute atomic E-state index is 13.7. The molecule has 0 unspecified atom stereocenters. The van der Waals surface area contributed by atoms with E-state index in [1.165, 1.54) is 6.07 Å². The summed E-state index contributed by atoms with van der Waals surface area (Å²) in [5.74, 6) is -1.55. The van der Waals surface area contributed by atoms with Gasteiger partial charge in [-0.05, 0) is 31.4 Å². The first-order valence-electron chi connectivity index (χ1n) is 7.55. The van der Waals surface area contributed by atoms with Gasteiger partial charge in [0.05, 0.1) is 12.1 Å². The summed E-state index contributed by atoms with van der Waals surface area (Å²) in [6, 6.07) is 3.03. The van der Waals surface area contributed by atoms with Crippen molar-refractivity contribution in [3.05, 3.63) is 29.8 Å². The number of hydrogen-bond donors (Lipinski definition) is 1. The van der Waals surface area contributed by atoms with Gasteiger partial charge in [-0.15, -0.1) is 0 Å². The van der Waals surface area contributed by atoms with Gasteiger partial charge in [0, 0.05) is 13.7 Å². The molecule has 4 nitrogen and oxygen atoms in total. The van der Waals surface area contributed by atoms with Gasteiger partial charge in [0.15, 0.2) is 0 Å². The Bertz CT molecular complexity index is 511. The highest BCUT2D eigenvalue weighted by Crippen LogP contribution is 2.34. The number of ether oxygens (including phenoxy) is 1. The van der Waals surface area contributed by atoms with Crippen molar-refractivity contribution in [2.75, 3.05) is 25.6 Å². The minimum atomic E-state index is -0.777. The first kappa shape index (κ1) is 16.7. The zero-order valence-corrected chi connectivity index (χ0v) is 13.0. The number of para-hydroxylation sites is 1. The van der Waals surface area contributed by atoms with Crippen molar-refractivity contribution in [3.8, 4) is 0 Å². The molecule has 1 atom stereocenters. The number of methoxy groups -OCH3 is 1. The molecule has 122 valence electrons. The quantitative estimate of drug-likeness (QED) is 0.899. The van der Waals surface area contributed by atoms with Gasteiger partial charge in [-0.25, -0.2) is 13.6 Å². The van der Waals surface area contributed by atoms with Crippen LogP contribution in [-0.4, -0.2) is 36.7 Å². The summed E-state index contributed by atoms with van der Waals surface area (Å²) < 4.78 is 32.7. The third-order valence-electron chi connectivity index (χ3n) is 4.16. The largest absolute Gasteiger partial charge is 0.382 e. The number of benzene rings is 1. The Hall–Kier alpha value is -1.69. The van der Waals surface area contributed by atoms with Gasteiger partial charge in [-0.3, -0.25) is 0 Å². The SMILES string of the molecule is CCC[C@]1(COC)CCCN1C(=O)Nc1c(F)cccc1F. The molecule has 1 heterocycles. The highest BCUT2D eigenvalue weighted by Gasteiger charge is 2.43. The van der Waals surface area contributed by atoms with Crippen LogP contribution in [0.5, 0.6) is 0 Å². The zero-order valence-electron chi connectivity index (χ0n) is 13.0. The van der Waals surface area contributed by atoms with Gasteiger partial charge >= 0.3 is 6.03 Å². The predicted molar refractivity (Wildman–Crippen MR) is 80.8 cm³/mol. The molecule has 0 aliphatic carbocycles. The number of hydrogen-bond acceptors (Lipinski definition) is 2. The molecular formula is C16H22F2N2O2. The molecule has 1 fully saturated rings. The number of carbonyl (C=O) groups excluding carboxylic acids is 1. The average Bonchev–Trinajstić information content (AvgIpc) is 2.87. The summed E-state index contributed by atoms with van der Waals surface area (Å²) in [4.78, 5) is 14.2. The standard InChI is InChI=1S/C16H22F2N2O2/c1-3-8-16(11-22-2)9-5-10-20(16)15(21)19-14-12(17)6-4-7-13(14)18/h4,6-7H,3,5,8-11H2,1-2H3,(H,19,21)/t16-/m1/s1. The Balaban J connectivity index is 2.20. The summed E-state index contributed by atoms with van der Waals surface area (Å²) in [5.41, 5.74) is -0.794. The molecule has 2 amide bonds. The molecule has 0 radical (unpaired) electrons. The number of urea groups is 1. The highest BCUT2D eigenvalue weighted by atomic mass is 19.1. The van der Waals surface area contributed by atoms with Crippen molar-refractivity contribution in [1.29, 1.82) is 0 Å². The van der Waals surface area contributed by atoms with Crippen molar-refractivity contribution >= 4 is 11.7 Å². The summed E-state index contributed by atoms with van der Waals surface area (Å²) in [5, 5.41) is 2.37. The Morgan fingerprint density at radius 2 is 2.09 bits per heavy atom. The first-order valence-corrected chi connectivity index (χ1v) is 7.55. The topological polar surface area (TPSA) is 41.6 Å². The molecule has 1 aliphatic heterocycles. The van der Waals surface area contributed by atoms with E-state index in [4.69, 9.17) is 4.74 Å². The van der Waals surface area contributed by atoms with E-state index in [0.717, 1.165) is 37.8 Å². The third-order valence-corrected chi connectivity index (χ3v) is 4.16. The van der Waals surface area contributed by atoms with Crippen LogP contribution in [0, 0.1) is 11.6 Å². The van der Waals surface area contributed by atoms with Crippen molar-refractivity contribution in [3.63, 3.8) is 0 Å². The van der Waals surface area contributed by atoms with E-state index in [1.807, 2.05) is 6.92 Å². The molecule has 0 bridgehead atoms. The number of anilines is 1. The smallest absolute Gasteiger partial charge is 0.322 e. The van der Waals surface area contributed by atoms with Crippen molar-refractivity contribution in [2.45, 2.75) is 38.1 Å². The second kappa shape index (κ2) is 7.05. The van der Waals surface area contributed by atoms with Gasteiger partial charge in [-0.1, -0.05) is 19.4 Å². The van der Waals surface area contributed by atoms with Crippen LogP contribution in [0.2, 0.25) is 0 Å². The summed E-state index contributed by atoms with van der Waals surface area (Å²) in [7, 11) is 1.60. The lowest BCUT2D eigenvalue weighted by Crippen LogP contribution is -2.52. The van der Waals surface area contributed by atoms with Crippen LogP contribution in [0.25, 0.3) is 0 Å². The molecule has 6 heteroatoms. The van der Waals surface area contributed by atoms with Crippen LogP contribution < -0.4 is 5.32 Å². The van der Waals surface area contributed by atoms with Crippen LogP contribution in [0.15, 0.2) is 18.2 Å². The normalized spacial score (nSPS) is 21.2. The predicted octanol–water partition coefficient (Wildman–Crippen LogP) is 3.78.